The van der Waals surface area contributed by atoms with Gasteiger partial charge in [-0.05, 0) is 18.6 Å². The van der Waals surface area contributed by atoms with Crippen LogP contribution in [0, 0.1) is 0 Å². The molecule has 2 N–H and O–H groups in total. The number of nitrogen functional groups attached to an aromatic ring is 1. The van der Waals surface area contributed by atoms with Crippen molar-refractivity contribution in [3.8, 4) is 0 Å². The van der Waals surface area contributed by atoms with Gasteiger partial charge in [0.25, 0.3) is 0 Å². The number of hydrogen-bond donors (Lipinski definition) is 1. The lowest BCUT2D eigenvalue weighted by Gasteiger charge is -2.06. The number of hydrogen-bond acceptors (Lipinski definition) is 2. The maximum Gasteiger partial charge on any atom is 0.131 e. The van der Waals surface area contributed by atoms with Crippen molar-refractivity contribution < 1.29 is 0 Å². The molecule has 0 aromatic carbocycles. The SMILES string of the molecule is C=Cc1c(C(=C)C)ccnc1N.CC. The minimum atomic E-state index is 0.505. The van der Waals surface area contributed by atoms with Gasteiger partial charge in [0.05, 0.1) is 0 Å². The van der Waals surface area contributed by atoms with Gasteiger partial charge in [0.15, 0.2) is 0 Å². The maximum atomic E-state index is 5.65. The molecule has 0 bridgehead atoms. The summed E-state index contributed by atoms with van der Waals surface area (Å²) in [5.41, 5.74) is 8.49. The zero-order valence-electron chi connectivity index (χ0n) is 9.17. The van der Waals surface area contributed by atoms with E-state index in [1.54, 1.807) is 12.3 Å². The highest BCUT2D eigenvalue weighted by molar-refractivity contribution is 5.76. The van der Waals surface area contributed by atoms with E-state index in [9.17, 15) is 0 Å². The second-order valence-corrected chi connectivity index (χ2v) is 2.64. The average molecular weight is 190 g/mol. The quantitative estimate of drug-likeness (QED) is 0.776. The largest absolute Gasteiger partial charge is 0.383 e. The van der Waals surface area contributed by atoms with Crippen LogP contribution < -0.4 is 5.73 Å². The number of anilines is 1. The van der Waals surface area contributed by atoms with Crippen molar-refractivity contribution in [2.75, 3.05) is 5.73 Å². The topological polar surface area (TPSA) is 38.9 Å². The third kappa shape index (κ3) is 2.73. The van der Waals surface area contributed by atoms with Gasteiger partial charge in [-0.1, -0.05) is 38.7 Å². The number of pyridine rings is 1. The Bertz CT molecular complexity index is 327. The Morgan fingerprint density at radius 2 is 2.07 bits per heavy atom. The van der Waals surface area contributed by atoms with Gasteiger partial charge in [-0.2, -0.15) is 0 Å². The van der Waals surface area contributed by atoms with Crippen LogP contribution in [-0.4, -0.2) is 4.98 Å². The summed E-state index contributed by atoms with van der Waals surface area (Å²) >= 11 is 0. The van der Waals surface area contributed by atoms with E-state index < -0.39 is 0 Å². The number of nitrogens with two attached hydrogens (primary N) is 1. The van der Waals surface area contributed by atoms with Gasteiger partial charge in [0.1, 0.15) is 5.82 Å². The first-order chi connectivity index (χ1) is 6.66. The number of allylic oxidation sites excluding steroid dienone is 1. The predicted molar refractivity (Wildman–Crippen MR) is 64.8 cm³/mol. The molecule has 0 atom stereocenters. The van der Waals surface area contributed by atoms with Crippen LogP contribution in [0.4, 0.5) is 5.82 Å². The normalized spacial score (nSPS) is 8.50. The van der Waals surface area contributed by atoms with Crippen LogP contribution in [0.25, 0.3) is 11.6 Å². The lowest BCUT2D eigenvalue weighted by molar-refractivity contribution is 1.31. The van der Waals surface area contributed by atoms with E-state index in [-0.39, 0.29) is 0 Å². The van der Waals surface area contributed by atoms with E-state index in [4.69, 9.17) is 5.73 Å². The summed E-state index contributed by atoms with van der Waals surface area (Å²) in [4.78, 5) is 3.96. The molecule has 0 amide bonds. The van der Waals surface area contributed by atoms with E-state index in [0.717, 1.165) is 16.7 Å². The first-order valence-electron chi connectivity index (χ1n) is 4.69. The van der Waals surface area contributed by atoms with E-state index in [1.807, 2.05) is 26.8 Å². The molecule has 0 unspecified atom stereocenters. The van der Waals surface area contributed by atoms with Crippen molar-refractivity contribution in [3.05, 3.63) is 36.5 Å². The summed E-state index contributed by atoms with van der Waals surface area (Å²) in [6.45, 7) is 13.4. The summed E-state index contributed by atoms with van der Waals surface area (Å²) in [5, 5.41) is 0. The third-order valence-electron chi connectivity index (χ3n) is 1.68. The van der Waals surface area contributed by atoms with Gasteiger partial charge in [-0.25, -0.2) is 4.98 Å². The molecule has 1 rings (SSSR count). The third-order valence-corrected chi connectivity index (χ3v) is 1.68. The Morgan fingerprint density at radius 3 is 2.43 bits per heavy atom. The second-order valence-electron chi connectivity index (χ2n) is 2.64. The van der Waals surface area contributed by atoms with Gasteiger partial charge in [-0.3, -0.25) is 0 Å². The van der Waals surface area contributed by atoms with Gasteiger partial charge in [0.2, 0.25) is 0 Å². The van der Waals surface area contributed by atoms with Crippen molar-refractivity contribution in [3.63, 3.8) is 0 Å². The highest BCUT2D eigenvalue weighted by atomic mass is 14.8. The predicted octanol–water partition coefficient (Wildman–Crippen LogP) is 3.37. The molecule has 1 aromatic rings. The van der Waals surface area contributed by atoms with Gasteiger partial charge in [-0.15, -0.1) is 0 Å². The number of nitrogens with zero attached hydrogens (tertiary/aromatic N) is 1. The second kappa shape index (κ2) is 5.97. The Balaban J connectivity index is 0.000000791. The molecule has 1 heterocycles. The van der Waals surface area contributed by atoms with E-state index in [0.29, 0.717) is 5.82 Å². The minimum Gasteiger partial charge on any atom is -0.383 e. The van der Waals surface area contributed by atoms with Crippen molar-refractivity contribution in [1.82, 2.24) is 4.98 Å². The van der Waals surface area contributed by atoms with Gasteiger partial charge < -0.3 is 5.73 Å². The van der Waals surface area contributed by atoms with E-state index in [2.05, 4.69) is 18.1 Å². The Hall–Kier alpha value is -1.57. The highest BCUT2D eigenvalue weighted by Crippen LogP contribution is 2.21. The molecule has 1 aromatic heterocycles. The van der Waals surface area contributed by atoms with Gasteiger partial charge >= 0.3 is 0 Å². The summed E-state index contributed by atoms with van der Waals surface area (Å²) in [6.07, 6.45) is 3.37. The Morgan fingerprint density at radius 1 is 1.50 bits per heavy atom. The Kier molecular flexibility index (Phi) is 5.30. The fraction of sp³-hybridized carbons (Fsp3) is 0.250. The molecule has 0 saturated heterocycles. The zero-order valence-corrected chi connectivity index (χ0v) is 9.17. The van der Waals surface area contributed by atoms with Crippen LogP contribution in [0.2, 0.25) is 0 Å². The molecule has 0 aliphatic rings. The van der Waals surface area contributed by atoms with Crippen LogP contribution in [0.3, 0.4) is 0 Å². The molecular weight excluding hydrogens is 172 g/mol. The van der Waals surface area contributed by atoms with Crippen LogP contribution >= 0.6 is 0 Å². The fourth-order valence-electron chi connectivity index (χ4n) is 1.08. The molecule has 2 heteroatoms. The fourth-order valence-corrected chi connectivity index (χ4v) is 1.08. The molecule has 0 aliphatic heterocycles. The van der Waals surface area contributed by atoms with Crippen molar-refractivity contribution in [2.45, 2.75) is 20.8 Å². The lowest BCUT2D eigenvalue weighted by Crippen LogP contribution is -1.96. The van der Waals surface area contributed by atoms with Crippen LogP contribution in [0.15, 0.2) is 25.4 Å². The lowest BCUT2D eigenvalue weighted by atomic mass is 10.0. The zero-order chi connectivity index (χ0) is 11.1. The standard InChI is InChI=1S/C10H12N2.C2H6/c1-4-8-9(7(2)3)5-6-12-10(8)11;1-2/h4-6H,1-2H2,3H3,(H2,11,12);1-2H3. The van der Waals surface area contributed by atoms with Crippen LogP contribution in [-0.2, 0) is 0 Å². The Labute approximate surface area is 86.2 Å². The smallest absolute Gasteiger partial charge is 0.131 e. The van der Waals surface area contributed by atoms with Gasteiger partial charge in [0, 0.05) is 11.8 Å². The van der Waals surface area contributed by atoms with Crippen molar-refractivity contribution >= 4 is 17.5 Å². The maximum absolute atomic E-state index is 5.65. The first kappa shape index (κ1) is 12.4. The first-order valence-corrected chi connectivity index (χ1v) is 4.69. The molecule has 0 fully saturated rings. The molecule has 2 nitrogen and oxygen atoms in total. The molecule has 0 saturated carbocycles. The summed E-state index contributed by atoms with van der Waals surface area (Å²) in [5.74, 6) is 0.505. The number of aromatic nitrogens is 1. The van der Waals surface area contributed by atoms with Crippen molar-refractivity contribution in [1.29, 1.82) is 0 Å². The summed E-state index contributed by atoms with van der Waals surface area (Å²) in [6, 6.07) is 1.88. The molecule has 0 aliphatic carbocycles. The van der Waals surface area contributed by atoms with E-state index >= 15 is 0 Å². The molecular formula is C12H18N2. The number of rotatable bonds is 2. The molecule has 76 valence electrons. The summed E-state index contributed by atoms with van der Waals surface area (Å²) < 4.78 is 0. The van der Waals surface area contributed by atoms with Crippen molar-refractivity contribution in [2.24, 2.45) is 0 Å². The minimum absolute atomic E-state index is 0.505. The highest BCUT2D eigenvalue weighted by Gasteiger charge is 2.03. The van der Waals surface area contributed by atoms with E-state index in [1.165, 1.54) is 0 Å². The molecule has 14 heavy (non-hydrogen) atoms. The molecule has 0 spiro atoms. The molecule has 0 radical (unpaired) electrons. The van der Waals surface area contributed by atoms with Crippen LogP contribution in [0.5, 0.6) is 0 Å². The monoisotopic (exact) mass is 190 g/mol. The summed E-state index contributed by atoms with van der Waals surface area (Å²) in [7, 11) is 0. The van der Waals surface area contributed by atoms with Crippen LogP contribution in [0.1, 0.15) is 31.9 Å². The average Bonchev–Trinajstić information content (AvgIpc) is 2.20.